The van der Waals surface area contributed by atoms with E-state index in [1.54, 1.807) is 6.07 Å². The third-order valence-corrected chi connectivity index (χ3v) is 4.52. The van der Waals surface area contributed by atoms with Gasteiger partial charge in [-0.25, -0.2) is 8.78 Å². The van der Waals surface area contributed by atoms with Crippen molar-refractivity contribution in [3.63, 3.8) is 0 Å². The summed E-state index contributed by atoms with van der Waals surface area (Å²) >= 11 is 0. The Bertz CT molecular complexity index is 464. The van der Waals surface area contributed by atoms with Crippen molar-refractivity contribution >= 4 is 0 Å². The Morgan fingerprint density at radius 2 is 1.95 bits per heavy atom. The van der Waals surface area contributed by atoms with Crippen LogP contribution in [-0.2, 0) is 0 Å². The summed E-state index contributed by atoms with van der Waals surface area (Å²) in [6.45, 7) is 7.52. The van der Waals surface area contributed by atoms with E-state index in [2.05, 4.69) is 31.1 Å². The SMILES string of the molecule is CC(NC1CC(C)N(C)CC1C)c1ccc(F)c(F)c1. The fourth-order valence-electron chi connectivity index (χ4n) is 2.97. The van der Waals surface area contributed by atoms with Crippen molar-refractivity contribution in [2.75, 3.05) is 13.6 Å². The second-order valence-corrected chi connectivity index (χ2v) is 6.17. The highest BCUT2D eigenvalue weighted by molar-refractivity contribution is 5.21. The molecule has 1 saturated heterocycles. The molecule has 1 N–H and O–H groups in total. The molecule has 0 amide bonds. The summed E-state index contributed by atoms with van der Waals surface area (Å²) in [5.41, 5.74) is 0.794. The molecule has 0 spiro atoms. The zero-order chi connectivity index (χ0) is 14.9. The maximum absolute atomic E-state index is 13.3. The Labute approximate surface area is 120 Å². The Balaban J connectivity index is 2.03. The number of benzene rings is 1. The van der Waals surface area contributed by atoms with E-state index in [1.165, 1.54) is 12.1 Å². The second kappa shape index (κ2) is 6.19. The molecule has 1 heterocycles. The molecule has 1 aliphatic rings. The van der Waals surface area contributed by atoms with Crippen LogP contribution in [0.5, 0.6) is 0 Å². The predicted octanol–water partition coefficient (Wildman–Crippen LogP) is 3.34. The first kappa shape index (κ1) is 15.4. The molecule has 4 heteroatoms. The van der Waals surface area contributed by atoms with Crippen LogP contribution in [0.15, 0.2) is 18.2 Å². The molecule has 4 unspecified atom stereocenters. The maximum atomic E-state index is 13.3. The number of likely N-dealkylation sites (tertiary alicyclic amines) is 1. The van der Waals surface area contributed by atoms with Gasteiger partial charge in [-0.3, -0.25) is 0 Å². The molecule has 112 valence electrons. The van der Waals surface area contributed by atoms with Crippen molar-refractivity contribution in [1.82, 2.24) is 10.2 Å². The monoisotopic (exact) mass is 282 g/mol. The first-order chi connectivity index (χ1) is 9.38. The van der Waals surface area contributed by atoms with Crippen LogP contribution in [0.25, 0.3) is 0 Å². The summed E-state index contributed by atoms with van der Waals surface area (Å²) in [4.78, 5) is 2.37. The van der Waals surface area contributed by atoms with Gasteiger partial charge in [-0.1, -0.05) is 13.0 Å². The van der Waals surface area contributed by atoms with Gasteiger partial charge in [0.15, 0.2) is 11.6 Å². The van der Waals surface area contributed by atoms with E-state index in [1.807, 2.05) is 6.92 Å². The molecule has 1 fully saturated rings. The van der Waals surface area contributed by atoms with Crippen LogP contribution in [0.3, 0.4) is 0 Å². The minimum atomic E-state index is -0.790. The Hall–Kier alpha value is -1.00. The average molecular weight is 282 g/mol. The standard InChI is InChI=1S/C16H24F2N2/c1-10-9-20(4)11(2)7-16(10)19-12(3)13-5-6-14(17)15(18)8-13/h5-6,8,10-12,16,19H,7,9H2,1-4H3. The van der Waals surface area contributed by atoms with E-state index >= 15 is 0 Å². The molecular formula is C16H24F2N2. The zero-order valence-electron chi connectivity index (χ0n) is 12.7. The van der Waals surface area contributed by atoms with E-state index in [0.29, 0.717) is 18.0 Å². The second-order valence-electron chi connectivity index (χ2n) is 6.17. The fourth-order valence-corrected chi connectivity index (χ4v) is 2.97. The van der Waals surface area contributed by atoms with Crippen LogP contribution in [0.4, 0.5) is 8.78 Å². The van der Waals surface area contributed by atoms with Gasteiger partial charge in [0.05, 0.1) is 0 Å². The molecule has 0 radical (unpaired) electrons. The largest absolute Gasteiger partial charge is 0.307 e. The van der Waals surface area contributed by atoms with Gasteiger partial charge in [0.1, 0.15) is 0 Å². The highest BCUT2D eigenvalue weighted by Crippen LogP contribution is 2.24. The van der Waals surface area contributed by atoms with Crippen LogP contribution in [0.1, 0.15) is 38.8 Å². The lowest BCUT2D eigenvalue weighted by Crippen LogP contribution is -2.51. The number of nitrogens with zero attached hydrogens (tertiary/aromatic N) is 1. The minimum Gasteiger partial charge on any atom is -0.307 e. The number of rotatable bonds is 3. The minimum absolute atomic E-state index is 0.0214. The van der Waals surface area contributed by atoms with Crippen molar-refractivity contribution in [2.24, 2.45) is 5.92 Å². The number of nitrogens with one attached hydrogen (secondary N) is 1. The zero-order valence-corrected chi connectivity index (χ0v) is 12.7. The molecule has 1 aromatic carbocycles. The van der Waals surface area contributed by atoms with Gasteiger partial charge in [-0.05, 0) is 50.9 Å². The van der Waals surface area contributed by atoms with Gasteiger partial charge >= 0.3 is 0 Å². The summed E-state index contributed by atoms with van der Waals surface area (Å²) in [6.07, 6.45) is 1.08. The molecule has 0 aromatic heterocycles. The van der Waals surface area contributed by atoms with Crippen molar-refractivity contribution < 1.29 is 8.78 Å². The van der Waals surface area contributed by atoms with E-state index in [-0.39, 0.29) is 6.04 Å². The van der Waals surface area contributed by atoms with E-state index in [9.17, 15) is 8.78 Å². The van der Waals surface area contributed by atoms with Crippen LogP contribution >= 0.6 is 0 Å². The summed E-state index contributed by atoms with van der Waals surface area (Å²) < 4.78 is 26.3. The van der Waals surface area contributed by atoms with Gasteiger partial charge in [0.2, 0.25) is 0 Å². The molecule has 0 saturated carbocycles. The molecule has 1 aliphatic heterocycles. The molecule has 2 nitrogen and oxygen atoms in total. The van der Waals surface area contributed by atoms with E-state index < -0.39 is 11.6 Å². The smallest absolute Gasteiger partial charge is 0.159 e. The number of hydrogen-bond donors (Lipinski definition) is 1. The lowest BCUT2D eigenvalue weighted by atomic mass is 9.89. The van der Waals surface area contributed by atoms with Crippen LogP contribution < -0.4 is 5.32 Å². The van der Waals surface area contributed by atoms with E-state index in [0.717, 1.165) is 18.5 Å². The number of halogens is 2. The summed E-state index contributed by atoms with van der Waals surface area (Å²) in [6, 6.07) is 5.11. The molecule has 2 rings (SSSR count). The highest BCUT2D eigenvalue weighted by Gasteiger charge is 2.29. The van der Waals surface area contributed by atoms with Crippen molar-refractivity contribution in [1.29, 1.82) is 0 Å². The van der Waals surface area contributed by atoms with Gasteiger partial charge in [0.25, 0.3) is 0 Å². The summed E-state index contributed by atoms with van der Waals surface area (Å²) in [5.74, 6) is -1.02. The first-order valence-corrected chi connectivity index (χ1v) is 7.29. The molecule has 0 aliphatic carbocycles. The average Bonchev–Trinajstić information content (AvgIpc) is 2.39. The Morgan fingerprint density at radius 3 is 2.60 bits per heavy atom. The van der Waals surface area contributed by atoms with Gasteiger partial charge in [-0.2, -0.15) is 0 Å². The van der Waals surface area contributed by atoms with E-state index in [4.69, 9.17) is 0 Å². The van der Waals surface area contributed by atoms with Crippen LogP contribution in [0.2, 0.25) is 0 Å². The van der Waals surface area contributed by atoms with Gasteiger partial charge in [-0.15, -0.1) is 0 Å². The van der Waals surface area contributed by atoms with Gasteiger partial charge < -0.3 is 10.2 Å². The first-order valence-electron chi connectivity index (χ1n) is 7.29. The van der Waals surface area contributed by atoms with Crippen molar-refractivity contribution in [3.05, 3.63) is 35.4 Å². The number of piperidine rings is 1. The lowest BCUT2D eigenvalue weighted by Gasteiger charge is -2.41. The maximum Gasteiger partial charge on any atom is 0.159 e. The van der Waals surface area contributed by atoms with Crippen molar-refractivity contribution in [3.8, 4) is 0 Å². The summed E-state index contributed by atoms with van der Waals surface area (Å²) in [5, 5.41) is 3.57. The molecule has 1 aromatic rings. The lowest BCUT2D eigenvalue weighted by molar-refractivity contribution is 0.116. The third-order valence-electron chi connectivity index (χ3n) is 4.52. The third kappa shape index (κ3) is 3.36. The topological polar surface area (TPSA) is 15.3 Å². The molecule has 0 bridgehead atoms. The quantitative estimate of drug-likeness (QED) is 0.914. The fraction of sp³-hybridized carbons (Fsp3) is 0.625. The highest BCUT2D eigenvalue weighted by atomic mass is 19.2. The van der Waals surface area contributed by atoms with Gasteiger partial charge in [0, 0.05) is 24.7 Å². The molecule has 20 heavy (non-hydrogen) atoms. The number of hydrogen-bond acceptors (Lipinski definition) is 2. The molecular weight excluding hydrogens is 258 g/mol. The Morgan fingerprint density at radius 1 is 1.25 bits per heavy atom. The van der Waals surface area contributed by atoms with Crippen LogP contribution in [0, 0.1) is 17.6 Å². The van der Waals surface area contributed by atoms with Crippen molar-refractivity contribution in [2.45, 2.75) is 45.3 Å². The Kier molecular flexibility index (Phi) is 4.76. The molecule has 4 atom stereocenters. The summed E-state index contributed by atoms with van der Waals surface area (Å²) in [7, 11) is 2.15. The van der Waals surface area contributed by atoms with Crippen LogP contribution in [-0.4, -0.2) is 30.6 Å². The predicted molar refractivity (Wildman–Crippen MR) is 77.6 cm³/mol. The normalized spacial score (nSPS) is 29.4.